The minimum Gasteiger partial charge on any atom is -0.324 e. The highest BCUT2D eigenvalue weighted by atomic mass is 32.2. The number of carbonyl (C=O) groups excluding carboxylic acids is 2. The second-order valence-corrected chi connectivity index (χ2v) is 8.51. The van der Waals surface area contributed by atoms with E-state index in [2.05, 4.69) is 5.32 Å². The van der Waals surface area contributed by atoms with Crippen LogP contribution >= 0.6 is 0 Å². The van der Waals surface area contributed by atoms with Gasteiger partial charge in [-0.05, 0) is 55.6 Å². The molecule has 7 heteroatoms. The summed E-state index contributed by atoms with van der Waals surface area (Å²) in [5, 5.41) is 4.17. The monoisotopic (exact) mass is 394 g/mol. The molecule has 0 aromatic heterocycles. The van der Waals surface area contributed by atoms with Crippen LogP contribution in [0.4, 0.5) is 11.4 Å². The molecular weight excluding hydrogens is 376 g/mol. The van der Waals surface area contributed by atoms with Crippen LogP contribution in [0.25, 0.3) is 10.8 Å². The van der Waals surface area contributed by atoms with Crippen LogP contribution in [-0.4, -0.2) is 26.2 Å². The van der Waals surface area contributed by atoms with Crippen LogP contribution in [0.1, 0.15) is 24.2 Å². The van der Waals surface area contributed by atoms with Crippen molar-refractivity contribution >= 4 is 43.9 Å². The molecule has 0 aliphatic carbocycles. The van der Waals surface area contributed by atoms with E-state index in [1.54, 1.807) is 55.5 Å². The maximum absolute atomic E-state index is 13.1. The Morgan fingerprint density at radius 1 is 0.964 bits per heavy atom. The smallest absolute Gasteiger partial charge is 0.265 e. The number of Topliss-reactive ketones (excluding diaryl/α,β-unsaturated/α-hetero) is 1. The zero-order valence-corrected chi connectivity index (χ0v) is 16.2. The molecule has 0 fully saturated rings. The summed E-state index contributed by atoms with van der Waals surface area (Å²) in [6.45, 7) is 3.02. The summed E-state index contributed by atoms with van der Waals surface area (Å²) in [6.07, 6.45) is 0. The van der Waals surface area contributed by atoms with E-state index in [1.807, 2.05) is 12.1 Å². The largest absolute Gasteiger partial charge is 0.324 e. The number of nitrogens with zero attached hydrogens (tertiary/aromatic N) is 1. The molecule has 0 bridgehead atoms. The minimum absolute atomic E-state index is 0.0692. The van der Waals surface area contributed by atoms with E-state index in [0.29, 0.717) is 22.3 Å². The van der Waals surface area contributed by atoms with Crippen LogP contribution < -0.4 is 9.62 Å². The fraction of sp³-hybridized carbons (Fsp3) is 0.143. The summed E-state index contributed by atoms with van der Waals surface area (Å²) in [6, 6.07) is 16.0. The standard InChI is InChI=1S/C21H18N2O4S/c1-13(21(25)22-17-11-9-15(10-12-17)14(2)24)23-18-7-3-5-16-6-4-8-19(20(16)18)28(23,26)27/h3-13H,1-2H3,(H,22,25)/t13-/m0/s1. The molecular formula is C21H18N2O4S. The molecule has 0 saturated carbocycles. The van der Waals surface area contributed by atoms with E-state index in [4.69, 9.17) is 0 Å². The SMILES string of the molecule is CC(=O)c1ccc(NC(=O)[C@H](C)N2c3cccc4cccc(c34)S2(=O)=O)cc1. The lowest BCUT2D eigenvalue weighted by Crippen LogP contribution is -2.43. The molecule has 142 valence electrons. The molecule has 3 aromatic carbocycles. The van der Waals surface area contributed by atoms with Crippen LogP contribution in [0, 0.1) is 0 Å². The Morgan fingerprint density at radius 3 is 2.25 bits per heavy atom. The number of hydrogen-bond donors (Lipinski definition) is 1. The highest BCUT2D eigenvalue weighted by molar-refractivity contribution is 7.93. The van der Waals surface area contributed by atoms with Gasteiger partial charge < -0.3 is 5.32 Å². The normalized spacial score (nSPS) is 15.4. The first kappa shape index (κ1) is 18.2. The third-order valence-electron chi connectivity index (χ3n) is 4.91. The van der Waals surface area contributed by atoms with E-state index < -0.39 is 22.0 Å². The highest BCUT2D eigenvalue weighted by Crippen LogP contribution is 2.43. The molecule has 0 spiro atoms. The Hall–Kier alpha value is -3.19. The van der Waals surface area contributed by atoms with Crippen LogP contribution in [0.5, 0.6) is 0 Å². The van der Waals surface area contributed by atoms with Crippen LogP contribution in [0.15, 0.2) is 65.6 Å². The van der Waals surface area contributed by atoms with Crippen molar-refractivity contribution in [2.24, 2.45) is 0 Å². The molecule has 1 aliphatic rings. The second-order valence-electron chi connectivity index (χ2n) is 6.73. The van der Waals surface area contributed by atoms with Crippen molar-refractivity contribution in [2.75, 3.05) is 9.62 Å². The average Bonchev–Trinajstić information content (AvgIpc) is 2.90. The van der Waals surface area contributed by atoms with Crippen molar-refractivity contribution in [3.63, 3.8) is 0 Å². The quantitative estimate of drug-likeness (QED) is 0.686. The van der Waals surface area contributed by atoms with Crippen LogP contribution in [-0.2, 0) is 14.8 Å². The lowest BCUT2D eigenvalue weighted by atomic mass is 10.1. The number of amides is 1. The molecule has 1 heterocycles. The number of sulfonamides is 1. The summed E-state index contributed by atoms with van der Waals surface area (Å²) in [5.41, 5.74) is 1.53. The van der Waals surface area contributed by atoms with Crippen molar-refractivity contribution in [3.8, 4) is 0 Å². The van der Waals surface area contributed by atoms with Gasteiger partial charge in [0.15, 0.2) is 5.78 Å². The number of anilines is 2. The minimum atomic E-state index is -3.83. The molecule has 28 heavy (non-hydrogen) atoms. The fourth-order valence-corrected chi connectivity index (χ4v) is 5.35. The fourth-order valence-electron chi connectivity index (χ4n) is 3.48. The number of carbonyl (C=O) groups is 2. The molecule has 6 nitrogen and oxygen atoms in total. The number of ketones is 1. The van der Waals surface area contributed by atoms with E-state index in [1.165, 1.54) is 11.2 Å². The van der Waals surface area contributed by atoms with E-state index in [-0.39, 0.29) is 10.7 Å². The van der Waals surface area contributed by atoms with E-state index in [9.17, 15) is 18.0 Å². The van der Waals surface area contributed by atoms with Gasteiger partial charge in [-0.15, -0.1) is 0 Å². The van der Waals surface area contributed by atoms with Gasteiger partial charge in [0.25, 0.3) is 10.0 Å². The number of nitrogens with one attached hydrogen (secondary N) is 1. The van der Waals surface area contributed by atoms with E-state index in [0.717, 1.165) is 5.39 Å². The summed E-state index contributed by atoms with van der Waals surface area (Å²) in [5.74, 6) is -0.524. The molecule has 1 amide bonds. The third kappa shape index (κ3) is 2.75. The van der Waals surface area contributed by atoms with Gasteiger partial charge in [-0.1, -0.05) is 24.3 Å². The van der Waals surface area contributed by atoms with Gasteiger partial charge in [-0.2, -0.15) is 0 Å². The van der Waals surface area contributed by atoms with Gasteiger partial charge in [0.2, 0.25) is 5.91 Å². The molecule has 0 saturated heterocycles. The lowest BCUT2D eigenvalue weighted by Gasteiger charge is -2.25. The second kappa shape index (κ2) is 6.45. The first-order chi connectivity index (χ1) is 13.3. The molecule has 1 aliphatic heterocycles. The maximum Gasteiger partial charge on any atom is 0.265 e. The first-order valence-electron chi connectivity index (χ1n) is 8.79. The molecule has 4 rings (SSSR count). The zero-order chi connectivity index (χ0) is 20.1. The van der Waals surface area contributed by atoms with Gasteiger partial charge in [-0.3, -0.25) is 13.9 Å². The van der Waals surface area contributed by atoms with Crippen LogP contribution in [0.3, 0.4) is 0 Å². The summed E-state index contributed by atoms with van der Waals surface area (Å²) in [4.78, 5) is 24.4. The van der Waals surface area contributed by atoms with Gasteiger partial charge in [0, 0.05) is 16.6 Å². The van der Waals surface area contributed by atoms with Crippen molar-refractivity contribution in [2.45, 2.75) is 24.8 Å². The van der Waals surface area contributed by atoms with Gasteiger partial charge >= 0.3 is 0 Å². The Morgan fingerprint density at radius 2 is 1.61 bits per heavy atom. The van der Waals surface area contributed by atoms with Crippen LogP contribution in [0.2, 0.25) is 0 Å². The van der Waals surface area contributed by atoms with Crippen molar-refractivity contribution in [3.05, 3.63) is 66.2 Å². The summed E-state index contributed by atoms with van der Waals surface area (Å²) < 4.78 is 27.4. The predicted octanol–water partition coefficient (Wildman–Crippen LogP) is 3.58. The van der Waals surface area contributed by atoms with Gasteiger partial charge in [-0.25, -0.2) is 8.42 Å². The van der Waals surface area contributed by atoms with Crippen molar-refractivity contribution in [1.82, 2.24) is 0 Å². The first-order valence-corrected chi connectivity index (χ1v) is 10.2. The number of rotatable bonds is 4. The Balaban J connectivity index is 1.66. The molecule has 0 radical (unpaired) electrons. The molecule has 0 unspecified atom stereocenters. The topological polar surface area (TPSA) is 83.6 Å². The zero-order valence-electron chi connectivity index (χ0n) is 15.3. The van der Waals surface area contributed by atoms with Gasteiger partial charge in [0.05, 0.1) is 10.6 Å². The lowest BCUT2D eigenvalue weighted by molar-refractivity contribution is -0.116. The summed E-state index contributed by atoms with van der Waals surface area (Å²) in [7, 11) is -3.83. The Bertz CT molecular complexity index is 1210. The van der Waals surface area contributed by atoms with Crippen molar-refractivity contribution in [1.29, 1.82) is 0 Å². The molecule has 1 N–H and O–H groups in total. The Kier molecular flexibility index (Phi) is 4.19. The van der Waals surface area contributed by atoms with Gasteiger partial charge in [0.1, 0.15) is 6.04 Å². The maximum atomic E-state index is 13.1. The summed E-state index contributed by atoms with van der Waals surface area (Å²) >= 11 is 0. The number of hydrogen-bond acceptors (Lipinski definition) is 4. The number of benzene rings is 3. The molecule has 1 atom stereocenters. The predicted molar refractivity (Wildman–Crippen MR) is 108 cm³/mol. The van der Waals surface area contributed by atoms with Crippen molar-refractivity contribution < 1.29 is 18.0 Å². The highest BCUT2D eigenvalue weighted by Gasteiger charge is 2.40. The molecule has 3 aromatic rings. The average molecular weight is 394 g/mol. The third-order valence-corrected chi connectivity index (χ3v) is 6.84. The Labute approximate surface area is 162 Å². The van der Waals surface area contributed by atoms with E-state index >= 15 is 0 Å².